The predicted molar refractivity (Wildman–Crippen MR) is 72.5 cm³/mol. The summed E-state index contributed by atoms with van der Waals surface area (Å²) in [4.78, 5) is 4.30. The lowest BCUT2D eigenvalue weighted by Gasteiger charge is -2.24. The minimum absolute atomic E-state index is 0.134. The maximum atomic E-state index is 5.48. The van der Waals surface area contributed by atoms with Crippen LogP contribution in [0.25, 0.3) is 0 Å². The van der Waals surface area contributed by atoms with Gasteiger partial charge >= 0.3 is 0 Å². The van der Waals surface area contributed by atoms with Crippen molar-refractivity contribution in [3.05, 3.63) is 18.2 Å². The summed E-state index contributed by atoms with van der Waals surface area (Å²) in [6.07, 6.45) is 5.07. The van der Waals surface area contributed by atoms with Crippen molar-refractivity contribution < 1.29 is 4.74 Å². The third kappa shape index (κ3) is 3.33. The smallest absolute Gasteiger partial charge is 0.0951 e. The Morgan fingerprint density at radius 2 is 2.33 bits per heavy atom. The molecule has 0 bridgehead atoms. The Hall–Kier alpha value is -0.870. The Morgan fingerprint density at radius 3 is 2.94 bits per heavy atom. The van der Waals surface area contributed by atoms with Crippen molar-refractivity contribution in [1.82, 2.24) is 14.9 Å². The highest BCUT2D eigenvalue weighted by Gasteiger charge is 2.24. The first kappa shape index (κ1) is 13.6. The Morgan fingerprint density at radius 1 is 1.56 bits per heavy atom. The molecule has 0 amide bonds. The van der Waals surface area contributed by atoms with Crippen molar-refractivity contribution in [1.29, 1.82) is 0 Å². The summed E-state index contributed by atoms with van der Waals surface area (Å²) in [6, 6.07) is 0.465. The van der Waals surface area contributed by atoms with E-state index >= 15 is 0 Å². The van der Waals surface area contributed by atoms with E-state index in [0.29, 0.717) is 12.0 Å². The summed E-state index contributed by atoms with van der Waals surface area (Å²) < 4.78 is 7.77. The van der Waals surface area contributed by atoms with Crippen LogP contribution in [0, 0.1) is 5.92 Å². The van der Waals surface area contributed by atoms with Crippen LogP contribution < -0.4 is 5.32 Å². The van der Waals surface area contributed by atoms with Gasteiger partial charge in [0.25, 0.3) is 0 Å². The van der Waals surface area contributed by atoms with Crippen LogP contribution in [-0.2, 0) is 11.3 Å². The molecule has 1 fully saturated rings. The van der Waals surface area contributed by atoms with Crippen LogP contribution >= 0.6 is 0 Å². The Balaban J connectivity index is 2.02. The van der Waals surface area contributed by atoms with Crippen LogP contribution in [0.4, 0.5) is 0 Å². The molecule has 1 N–H and O–H groups in total. The zero-order valence-corrected chi connectivity index (χ0v) is 11.9. The van der Waals surface area contributed by atoms with E-state index in [0.717, 1.165) is 26.2 Å². The number of imidazole rings is 1. The van der Waals surface area contributed by atoms with Crippen LogP contribution in [-0.4, -0.2) is 28.3 Å². The lowest BCUT2D eigenvalue weighted by molar-refractivity contribution is 0.174. The summed E-state index contributed by atoms with van der Waals surface area (Å²) in [5.74, 6) is 0.618. The molecule has 0 aromatic carbocycles. The predicted octanol–water partition coefficient (Wildman–Crippen LogP) is 2.37. The van der Waals surface area contributed by atoms with E-state index in [1.54, 1.807) is 0 Å². The number of aromatic nitrogens is 2. The summed E-state index contributed by atoms with van der Waals surface area (Å²) in [5.41, 5.74) is 1.39. The van der Waals surface area contributed by atoms with Crippen molar-refractivity contribution >= 4 is 0 Å². The summed E-state index contributed by atoms with van der Waals surface area (Å²) >= 11 is 0. The van der Waals surface area contributed by atoms with Gasteiger partial charge in [-0.15, -0.1) is 0 Å². The zero-order chi connectivity index (χ0) is 13.2. The maximum Gasteiger partial charge on any atom is 0.0951 e. The second-order valence-electron chi connectivity index (χ2n) is 6.26. The molecule has 4 nitrogen and oxygen atoms in total. The topological polar surface area (TPSA) is 39.1 Å². The number of hydrogen-bond donors (Lipinski definition) is 1. The quantitative estimate of drug-likeness (QED) is 0.893. The molecule has 0 radical (unpaired) electrons. The van der Waals surface area contributed by atoms with E-state index in [1.807, 2.05) is 12.5 Å². The van der Waals surface area contributed by atoms with E-state index in [1.165, 1.54) is 5.69 Å². The molecule has 4 heteroatoms. The highest BCUT2D eigenvalue weighted by atomic mass is 16.5. The zero-order valence-electron chi connectivity index (χ0n) is 11.9. The standard InChI is InChI=1S/C14H25N3O/c1-11(12-5-6-18-9-12)17-10-15-7-13(17)8-16-14(2,3)4/h7,10-12,16H,5-6,8-9H2,1-4H3. The summed E-state index contributed by atoms with van der Waals surface area (Å²) in [5, 5.41) is 3.52. The monoisotopic (exact) mass is 251 g/mol. The molecule has 2 rings (SSSR count). The first-order valence-electron chi connectivity index (χ1n) is 6.81. The highest BCUT2D eigenvalue weighted by Crippen LogP contribution is 2.26. The molecule has 2 heterocycles. The molecule has 1 saturated heterocycles. The van der Waals surface area contributed by atoms with Gasteiger partial charge in [-0.1, -0.05) is 0 Å². The largest absolute Gasteiger partial charge is 0.381 e. The SMILES string of the molecule is CC(C1CCOC1)n1cncc1CNC(C)(C)C. The van der Waals surface area contributed by atoms with Gasteiger partial charge in [-0.25, -0.2) is 4.98 Å². The lowest BCUT2D eigenvalue weighted by Crippen LogP contribution is -2.36. The summed E-state index contributed by atoms with van der Waals surface area (Å²) in [6.45, 7) is 11.5. The summed E-state index contributed by atoms with van der Waals surface area (Å²) in [7, 11) is 0. The minimum Gasteiger partial charge on any atom is -0.381 e. The molecule has 0 aliphatic carbocycles. The number of ether oxygens (including phenoxy) is 1. The third-order valence-electron chi connectivity index (χ3n) is 3.63. The fourth-order valence-electron chi connectivity index (χ4n) is 2.35. The van der Waals surface area contributed by atoms with Gasteiger partial charge in [0.05, 0.1) is 18.6 Å². The van der Waals surface area contributed by atoms with Crippen molar-refractivity contribution in [3.8, 4) is 0 Å². The molecule has 1 aromatic heterocycles. The molecule has 1 aromatic rings. The van der Waals surface area contributed by atoms with E-state index in [9.17, 15) is 0 Å². The first-order chi connectivity index (χ1) is 8.47. The van der Waals surface area contributed by atoms with Crippen molar-refractivity contribution in [3.63, 3.8) is 0 Å². The van der Waals surface area contributed by atoms with Gasteiger partial charge in [-0.3, -0.25) is 0 Å². The number of rotatable bonds is 4. The third-order valence-corrected chi connectivity index (χ3v) is 3.63. The normalized spacial score (nSPS) is 22.3. The molecule has 1 aliphatic rings. The molecule has 1 aliphatic heterocycles. The number of hydrogen-bond acceptors (Lipinski definition) is 3. The Kier molecular flexibility index (Phi) is 4.07. The molecule has 2 atom stereocenters. The molecule has 18 heavy (non-hydrogen) atoms. The van der Waals surface area contributed by atoms with Crippen LogP contribution in [0.3, 0.4) is 0 Å². The second kappa shape index (κ2) is 5.41. The number of nitrogens with one attached hydrogen (secondary N) is 1. The van der Waals surface area contributed by atoms with E-state index in [-0.39, 0.29) is 5.54 Å². The van der Waals surface area contributed by atoms with Crippen molar-refractivity contribution in [2.24, 2.45) is 5.92 Å². The minimum atomic E-state index is 0.134. The first-order valence-corrected chi connectivity index (χ1v) is 6.81. The molecule has 0 saturated carbocycles. The fourth-order valence-corrected chi connectivity index (χ4v) is 2.35. The van der Waals surface area contributed by atoms with Gasteiger partial charge in [0.2, 0.25) is 0 Å². The average molecular weight is 251 g/mol. The Labute approximate surface area is 110 Å². The average Bonchev–Trinajstić information content (AvgIpc) is 2.95. The molecule has 0 spiro atoms. The Bertz CT molecular complexity index is 375. The molecular formula is C14H25N3O. The van der Waals surface area contributed by atoms with Gasteiger partial charge in [0.1, 0.15) is 0 Å². The van der Waals surface area contributed by atoms with Crippen LogP contribution in [0.2, 0.25) is 0 Å². The maximum absolute atomic E-state index is 5.48. The molecule has 102 valence electrons. The van der Waals surface area contributed by atoms with Gasteiger partial charge in [-0.2, -0.15) is 0 Å². The van der Waals surface area contributed by atoms with Gasteiger partial charge in [-0.05, 0) is 34.1 Å². The van der Waals surface area contributed by atoms with E-state index < -0.39 is 0 Å². The van der Waals surface area contributed by atoms with Crippen molar-refractivity contribution in [2.45, 2.75) is 52.2 Å². The second-order valence-corrected chi connectivity index (χ2v) is 6.26. The number of nitrogens with zero attached hydrogens (tertiary/aromatic N) is 2. The fraction of sp³-hybridized carbons (Fsp3) is 0.786. The van der Waals surface area contributed by atoms with Crippen LogP contribution in [0.1, 0.15) is 45.9 Å². The van der Waals surface area contributed by atoms with Crippen LogP contribution in [0.5, 0.6) is 0 Å². The van der Waals surface area contributed by atoms with Gasteiger partial charge < -0.3 is 14.6 Å². The van der Waals surface area contributed by atoms with Crippen LogP contribution in [0.15, 0.2) is 12.5 Å². The van der Waals surface area contributed by atoms with Gasteiger partial charge in [0, 0.05) is 36.8 Å². The highest BCUT2D eigenvalue weighted by molar-refractivity contribution is 5.01. The van der Waals surface area contributed by atoms with Crippen molar-refractivity contribution in [2.75, 3.05) is 13.2 Å². The molecule has 2 unspecified atom stereocenters. The van der Waals surface area contributed by atoms with E-state index in [2.05, 4.69) is 42.6 Å². The lowest BCUT2D eigenvalue weighted by atomic mass is 10.0. The van der Waals surface area contributed by atoms with E-state index in [4.69, 9.17) is 4.74 Å². The van der Waals surface area contributed by atoms with Gasteiger partial charge in [0.15, 0.2) is 0 Å². The molecular weight excluding hydrogens is 226 g/mol.